The first-order chi connectivity index (χ1) is 7.27. The highest BCUT2D eigenvalue weighted by Gasteiger charge is 2.27. The molecule has 0 bridgehead atoms. The normalized spacial score (nSPS) is 17.7. The Balaban J connectivity index is 1.75. The first-order valence-electron chi connectivity index (χ1n) is 5.87. The minimum absolute atomic E-state index is 0.835. The molecule has 0 amide bonds. The lowest BCUT2D eigenvalue weighted by atomic mass is 10.1. The molecule has 82 valence electrons. The van der Waals surface area contributed by atoms with Gasteiger partial charge in [0, 0.05) is 18.9 Å². The van der Waals surface area contributed by atoms with Crippen LogP contribution in [0.3, 0.4) is 0 Å². The van der Waals surface area contributed by atoms with Gasteiger partial charge in [-0.1, -0.05) is 6.92 Å². The van der Waals surface area contributed by atoms with Gasteiger partial charge in [0.2, 0.25) is 0 Å². The van der Waals surface area contributed by atoms with E-state index in [4.69, 9.17) is 0 Å². The second-order valence-electron chi connectivity index (χ2n) is 4.75. The molecular formula is C13H20N2. The fourth-order valence-electron chi connectivity index (χ4n) is 1.95. The van der Waals surface area contributed by atoms with Gasteiger partial charge in [-0.2, -0.15) is 0 Å². The Labute approximate surface area is 92.1 Å². The zero-order valence-electron chi connectivity index (χ0n) is 9.66. The predicted molar refractivity (Wildman–Crippen MR) is 62.6 cm³/mol. The molecule has 0 radical (unpaired) electrons. The maximum absolute atomic E-state index is 4.15. The summed E-state index contributed by atoms with van der Waals surface area (Å²) in [6.07, 6.45) is 6.69. The van der Waals surface area contributed by atoms with E-state index in [0.29, 0.717) is 0 Å². The van der Waals surface area contributed by atoms with Crippen molar-refractivity contribution >= 4 is 0 Å². The van der Waals surface area contributed by atoms with Crippen molar-refractivity contribution in [3.05, 3.63) is 29.6 Å². The summed E-state index contributed by atoms with van der Waals surface area (Å²) < 4.78 is 0. The van der Waals surface area contributed by atoms with Crippen molar-refractivity contribution in [2.75, 3.05) is 6.54 Å². The predicted octanol–water partition coefficient (Wildman–Crippen LogP) is 2.53. The fraction of sp³-hybridized carbons (Fsp3) is 0.615. The molecule has 1 unspecified atom stereocenters. The topological polar surface area (TPSA) is 24.9 Å². The quantitative estimate of drug-likeness (QED) is 0.797. The third-order valence-corrected chi connectivity index (χ3v) is 3.36. The van der Waals surface area contributed by atoms with Crippen LogP contribution in [0.2, 0.25) is 0 Å². The van der Waals surface area contributed by atoms with Gasteiger partial charge in [-0.05, 0) is 55.3 Å². The van der Waals surface area contributed by atoms with E-state index in [2.05, 4.69) is 30.2 Å². The van der Waals surface area contributed by atoms with Crippen LogP contribution in [0.4, 0.5) is 0 Å². The summed E-state index contributed by atoms with van der Waals surface area (Å²) in [5.74, 6) is 1.83. The van der Waals surface area contributed by atoms with E-state index in [1.54, 1.807) is 0 Å². The maximum atomic E-state index is 4.15. The minimum atomic E-state index is 0.835. The average molecular weight is 204 g/mol. The van der Waals surface area contributed by atoms with Gasteiger partial charge in [0.05, 0.1) is 0 Å². The molecule has 2 rings (SSSR count). The van der Waals surface area contributed by atoms with E-state index in [9.17, 15) is 0 Å². The molecule has 1 heterocycles. The van der Waals surface area contributed by atoms with Crippen LogP contribution in [-0.2, 0) is 6.54 Å². The van der Waals surface area contributed by atoms with E-state index in [1.807, 2.05) is 12.4 Å². The number of hydrogen-bond donors (Lipinski definition) is 1. The van der Waals surface area contributed by atoms with Crippen molar-refractivity contribution in [2.24, 2.45) is 11.8 Å². The average Bonchev–Trinajstić information content (AvgIpc) is 3.04. The van der Waals surface area contributed by atoms with Crippen LogP contribution in [0.15, 0.2) is 18.5 Å². The largest absolute Gasteiger partial charge is 0.312 e. The monoisotopic (exact) mass is 204 g/mol. The van der Waals surface area contributed by atoms with Gasteiger partial charge in [-0.15, -0.1) is 0 Å². The molecule has 15 heavy (non-hydrogen) atoms. The Hall–Kier alpha value is -0.890. The van der Waals surface area contributed by atoms with E-state index in [-0.39, 0.29) is 0 Å². The first-order valence-corrected chi connectivity index (χ1v) is 5.87. The molecule has 0 aliphatic heterocycles. The molecule has 1 aliphatic rings. The molecule has 0 aromatic carbocycles. The van der Waals surface area contributed by atoms with Crippen molar-refractivity contribution in [3.8, 4) is 0 Å². The van der Waals surface area contributed by atoms with Crippen LogP contribution >= 0.6 is 0 Å². The third kappa shape index (κ3) is 3.03. The summed E-state index contributed by atoms with van der Waals surface area (Å²) in [7, 11) is 0. The van der Waals surface area contributed by atoms with Crippen molar-refractivity contribution in [1.82, 2.24) is 10.3 Å². The number of aryl methyl sites for hydroxylation is 1. The highest BCUT2D eigenvalue weighted by atomic mass is 14.9. The molecule has 1 aliphatic carbocycles. The lowest BCUT2D eigenvalue weighted by Crippen LogP contribution is -2.22. The van der Waals surface area contributed by atoms with Gasteiger partial charge in [-0.3, -0.25) is 4.98 Å². The number of pyridine rings is 1. The molecule has 2 nitrogen and oxygen atoms in total. The van der Waals surface area contributed by atoms with Crippen LogP contribution in [0, 0.1) is 18.8 Å². The summed E-state index contributed by atoms with van der Waals surface area (Å²) in [6, 6.07) is 2.07. The highest BCUT2D eigenvalue weighted by Crippen LogP contribution is 2.36. The molecule has 1 aromatic rings. The number of hydrogen-bond acceptors (Lipinski definition) is 2. The summed E-state index contributed by atoms with van der Waals surface area (Å²) in [6.45, 7) is 6.58. The summed E-state index contributed by atoms with van der Waals surface area (Å²) in [4.78, 5) is 4.15. The van der Waals surface area contributed by atoms with Crippen LogP contribution in [0.1, 0.15) is 30.9 Å². The molecule has 1 aromatic heterocycles. The zero-order valence-corrected chi connectivity index (χ0v) is 9.66. The molecule has 1 saturated carbocycles. The Bertz CT molecular complexity index is 318. The Morgan fingerprint density at radius 1 is 1.53 bits per heavy atom. The summed E-state index contributed by atoms with van der Waals surface area (Å²) >= 11 is 0. The zero-order chi connectivity index (χ0) is 10.7. The van der Waals surface area contributed by atoms with Gasteiger partial charge in [0.1, 0.15) is 0 Å². The molecule has 1 atom stereocenters. The summed E-state index contributed by atoms with van der Waals surface area (Å²) in [5.41, 5.74) is 2.65. The van der Waals surface area contributed by atoms with Crippen LogP contribution in [-0.4, -0.2) is 11.5 Å². The SMILES string of the molecule is Cc1ccncc1CNCC(C)C1CC1. The number of nitrogens with zero attached hydrogens (tertiary/aromatic N) is 1. The van der Waals surface area contributed by atoms with Gasteiger partial charge in [-0.25, -0.2) is 0 Å². The lowest BCUT2D eigenvalue weighted by molar-refractivity contribution is 0.461. The van der Waals surface area contributed by atoms with Crippen LogP contribution < -0.4 is 5.32 Å². The maximum Gasteiger partial charge on any atom is 0.0315 e. The van der Waals surface area contributed by atoms with Gasteiger partial charge in [0.15, 0.2) is 0 Å². The third-order valence-electron chi connectivity index (χ3n) is 3.36. The van der Waals surface area contributed by atoms with Crippen molar-refractivity contribution in [2.45, 2.75) is 33.2 Å². The van der Waals surface area contributed by atoms with Gasteiger partial charge >= 0.3 is 0 Å². The van der Waals surface area contributed by atoms with E-state index < -0.39 is 0 Å². The summed E-state index contributed by atoms with van der Waals surface area (Å²) in [5, 5.41) is 3.52. The lowest BCUT2D eigenvalue weighted by Gasteiger charge is -2.12. The van der Waals surface area contributed by atoms with Crippen LogP contribution in [0.5, 0.6) is 0 Å². The van der Waals surface area contributed by atoms with Crippen molar-refractivity contribution in [3.63, 3.8) is 0 Å². The van der Waals surface area contributed by atoms with E-state index in [0.717, 1.165) is 24.9 Å². The second-order valence-corrected chi connectivity index (χ2v) is 4.75. The number of rotatable bonds is 5. The minimum Gasteiger partial charge on any atom is -0.312 e. The van der Waals surface area contributed by atoms with Gasteiger partial charge in [0.25, 0.3) is 0 Å². The fourth-order valence-corrected chi connectivity index (χ4v) is 1.95. The molecule has 1 N–H and O–H groups in total. The van der Waals surface area contributed by atoms with Crippen molar-refractivity contribution in [1.29, 1.82) is 0 Å². The second kappa shape index (κ2) is 4.75. The molecule has 0 saturated heterocycles. The molecule has 1 fully saturated rings. The molecular weight excluding hydrogens is 184 g/mol. The highest BCUT2D eigenvalue weighted by molar-refractivity contribution is 5.20. The molecule has 2 heteroatoms. The van der Waals surface area contributed by atoms with E-state index >= 15 is 0 Å². The Morgan fingerprint density at radius 2 is 2.33 bits per heavy atom. The Morgan fingerprint density at radius 3 is 3.00 bits per heavy atom. The standard InChI is InChI=1S/C13H20N2/c1-10-5-6-14-8-13(10)9-15-7-11(2)12-3-4-12/h5-6,8,11-12,15H,3-4,7,9H2,1-2H3. The molecule has 0 spiro atoms. The van der Waals surface area contributed by atoms with Gasteiger partial charge < -0.3 is 5.32 Å². The van der Waals surface area contributed by atoms with Crippen LogP contribution in [0.25, 0.3) is 0 Å². The smallest absolute Gasteiger partial charge is 0.0315 e. The van der Waals surface area contributed by atoms with Crippen molar-refractivity contribution < 1.29 is 0 Å². The van der Waals surface area contributed by atoms with E-state index in [1.165, 1.54) is 24.0 Å². The number of aromatic nitrogens is 1. The first kappa shape index (κ1) is 10.6. The Kier molecular flexibility index (Phi) is 3.37. The number of nitrogens with one attached hydrogen (secondary N) is 1.